The summed E-state index contributed by atoms with van der Waals surface area (Å²) < 4.78 is 5.24. The number of hydrogen-bond acceptors (Lipinski definition) is 4. The molecule has 3 aromatic rings. The van der Waals surface area contributed by atoms with Gasteiger partial charge < -0.3 is 15.0 Å². The summed E-state index contributed by atoms with van der Waals surface area (Å²) >= 11 is 0. The lowest BCUT2D eigenvalue weighted by Gasteiger charge is -2.24. The predicted molar refractivity (Wildman–Crippen MR) is 121 cm³/mol. The van der Waals surface area contributed by atoms with Gasteiger partial charge in [0.05, 0.1) is 6.42 Å². The van der Waals surface area contributed by atoms with E-state index in [1.165, 1.54) is 6.92 Å². The third kappa shape index (κ3) is 5.69. The molecule has 0 aliphatic carbocycles. The number of amides is 2. The highest BCUT2D eigenvalue weighted by Gasteiger charge is 2.24. The van der Waals surface area contributed by atoms with E-state index in [0.29, 0.717) is 6.54 Å². The lowest BCUT2D eigenvalue weighted by Crippen LogP contribution is -2.41. The van der Waals surface area contributed by atoms with Gasteiger partial charge >= 0.3 is 5.97 Å². The number of carbonyl (C=O) groups is 3. The predicted octanol–water partition coefficient (Wildman–Crippen LogP) is 3.48. The van der Waals surface area contributed by atoms with Gasteiger partial charge in [-0.1, -0.05) is 60.7 Å². The summed E-state index contributed by atoms with van der Waals surface area (Å²) in [4.78, 5) is 38.7. The van der Waals surface area contributed by atoms with Gasteiger partial charge in [0.15, 0.2) is 6.10 Å². The average molecular weight is 418 g/mol. The highest BCUT2D eigenvalue weighted by atomic mass is 16.5. The zero-order chi connectivity index (χ0) is 22.2. The smallest absolute Gasteiger partial charge is 0.326 e. The maximum atomic E-state index is 12.7. The number of para-hydroxylation sites is 1. The molecule has 3 aromatic carbocycles. The van der Waals surface area contributed by atoms with Crippen LogP contribution in [0.4, 0.5) is 5.69 Å². The lowest BCUT2D eigenvalue weighted by molar-refractivity contribution is -0.153. The zero-order valence-corrected chi connectivity index (χ0v) is 17.7. The van der Waals surface area contributed by atoms with Crippen LogP contribution in [0.2, 0.25) is 0 Å². The molecule has 0 saturated carbocycles. The summed E-state index contributed by atoms with van der Waals surface area (Å²) in [5.74, 6) is -1.26. The first-order chi connectivity index (χ1) is 15.0. The number of benzene rings is 3. The van der Waals surface area contributed by atoms with Crippen LogP contribution in [0.3, 0.4) is 0 Å². The number of esters is 1. The first-order valence-corrected chi connectivity index (χ1v) is 10.3. The number of nitrogens with one attached hydrogen (secondary N) is 1. The molecule has 0 aliphatic rings. The van der Waals surface area contributed by atoms with E-state index in [2.05, 4.69) is 5.32 Å². The summed E-state index contributed by atoms with van der Waals surface area (Å²) in [6, 6.07) is 22.8. The fourth-order valence-corrected chi connectivity index (χ4v) is 3.44. The van der Waals surface area contributed by atoms with Gasteiger partial charge in [0.2, 0.25) is 5.91 Å². The Morgan fingerprint density at radius 2 is 1.61 bits per heavy atom. The maximum absolute atomic E-state index is 12.7. The molecule has 2 amide bonds. The van der Waals surface area contributed by atoms with E-state index in [0.717, 1.165) is 22.0 Å². The third-order valence-electron chi connectivity index (χ3n) is 4.97. The molecule has 0 radical (unpaired) electrons. The van der Waals surface area contributed by atoms with Crippen molar-refractivity contribution in [2.45, 2.75) is 26.4 Å². The average Bonchev–Trinajstić information content (AvgIpc) is 2.79. The molecule has 0 aliphatic heterocycles. The van der Waals surface area contributed by atoms with Gasteiger partial charge in [0, 0.05) is 12.2 Å². The van der Waals surface area contributed by atoms with Crippen LogP contribution in [0.15, 0.2) is 72.8 Å². The Kier molecular flexibility index (Phi) is 7.38. The first kappa shape index (κ1) is 22.0. The van der Waals surface area contributed by atoms with E-state index in [1.54, 1.807) is 4.90 Å². The fraction of sp³-hybridized carbons (Fsp3) is 0.240. The van der Waals surface area contributed by atoms with E-state index < -0.39 is 12.1 Å². The molecule has 0 aromatic heterocycles. The molecule has 0 heterocycles. The van der Waals surface area contributed by atoms with Gasteiger partial charge in [0.25, 0.3) is 5.91 Å². The number of fused-ring (bicyclic) bond motifs is 1. The van der Waals surface area contributed by atoms with Crippen LogP contribution in [0.1, 0.15) is 19.4 Å². The summed E-state index contributed by atoms with van der Waals surface area (Å²) in [5, 5.41) is 4.63. The Bertz CT molecular complexity index is 1060. The van der Waals surface area contributed by atoms with E-state index in [4.69, 9.17) is 4.74 Å². The zero-order valence-electron chi connectivity index (χ0n) is 17.7. The molecule has 0 saturated heterocycles. The van der Waals surface area contributed by atoms with Crippen LogP contribution < -0.4 is 10.2 Å². The Morgan fingerprint density at radius 1 is 0.935 bits per heavy atom. The first-order valence-electron chi connectivity index (χ1n) is 10.3. The largest absolute Gasteiger partial charge is 0.451 e. The number of rotatable bonds is 8. The topological polar surface area (TPSA) is 75.7 Å². The molecular formula is C25H26N2O4. The molecule has 31 heavy (non-hydrogen) atoms. The van der Waals surface area contributed by atoms with Crippen molar-refractivity contribution in [3.63, 3.8) is 0 Å². The Balaban J connectivity index is 1.52. The van der Waals surface area contributed by atoms with Gasteiger partial charge in [-0.25, -0.2) is 0 Å². The molecule has 1 atom stereocenters. The second-order valence-corrected chi connectivity index (χ2v) is 7.14. The van der Waals surface area contributed by atoms with Crippen molar-refractivity contribution in [2.75, 3.05) is 18.0 Å². The molecule has 3 rings (SSSR count). The minimum atomic E-state index is -0.956. The summed E-state index contributed by atoms with van der Waals surface area (Å²) in [6.45, 7) is 3.54. The SMILES string of the molecule is CCN(C(=O)[C@H](C)OC(=O)CNC(=O)Cc1cccc2ccccc12)c1ccccc1. The monoisotopic (exact) mass is 418 g/mol. The van der Waals surface area contributed by atoms with E-state index in [-0.39, 0.29) is 24.8 Å². The van der Waals surface area contributed by atoms with Crippen molar-refractivity contribution in [1.82, 2.24) is 5.32 Å². The highest BCUT2D eigenvalue weighted by molar-refractivity contribution is 5.97. The normalized spacial score (nSPS) is 11.5. The number of hydrogen-bond donors (Lipinski definition) is 1. The number of anilines is 1. The molecule has 0 spiro atoms. The van der Waals surface area contributed by atoms with Crippen LogP contribution >= 0.6 is 0 Å². The van der Waals surface area contributed by atoms with Gasteiger partial charge in [-0.05, 0) is 42.3 Å². The Hall–Kier alpha value is -3.67. The fourth-order valence-electron chi connectivity index (χ4n) is 3.44. The number of nitrogens with zero attached hydrogens (tertiary/aromatic N) is 1. The third-order valence-corrected chi connectivity index (χ3v) is 4.97. The number of ether oxygens (including phenoxy) is 1. The second kappa shape index (κ2) is 10.4. The van der Waals surface area contributed by atoms with E-state index in [9.17, 15) is 14.4 Å². The van der Waals surface area contributed by atoms with Crippen molar-refractivity contribution in [1.29, 1.82) is 0 Å². The van der Waals surface area contributed by atoms with Crippen molar-refractivity contribution in [3.8, 4) is 0 Å². The molecule has 0 unspecified atom stereocenters. The van der Waals surface area contributed by atoms with E-state index in [1.807, 2.05) is 79.7 Å². The summed E-state index contributed by atoms with van der Waals surface area (Å²) in [7, 11) is 0. The molecular weight excluding hydrogens is 392 g/mol. The highest BCUT2D eigenvalue weighted by Crippen LogP contribution is 2.19. The van der Waals surface area contributed by atoms with Crippen molar-refractivity contribution < 1.29 is 19.1 Å². The van der Waals surface area contributed by atoms with E-state index >= 15 is 0 Å². The van der Waals surface area contributed by atoms with Crippen LogP contribution in [0, 0.1) is 0 Å². The van der Waals surface area contributed by atoms with Crippen LogP contribution in [0.25, 0.3) is 10.8 Å². The van der Waals surface area contributed by atoms with Gasteiger partial charge in [-0.15, -0.1) is 0 Å². The summed E-state index contributed by atoms with van der Waals surface area (Å²) in [6.07, 6.45) is -0.802. The minimum absolute atomic E-state index is 0.154. The standard InChI is InChI=1S/C25H26N2O4/c1-3-27(21-13-5-4-6-14-21)25(30)18(2)31-24(29)17-26-23(28)16-20-12-9-11-19-10-7-8-15-22(19)20/h4-15,18H,3,16-17H2,1-2H3,(H,26,28)/t18-/m0/s1. The second-order valence-electron chi connectivity index (χ2n) is 7.14. The van der Waals surface area contributed by atoms with Crippen LogP contribution in [0.5, 0.6) is 0 Å². The number of likely N-dealkylation sites (N-methyl/N-ethyl adjacent to an activating group) is 1. The summed E-state index contributed by atoms with van der Waals surface area (Å²) in [5.41, 5.74) is 1.62. The minimum Gasteiger partial charge on any atom is -0.451 e. The lowest BCUT2D eigenvalue weighted by atomic mass is 10.0. The molecule has 0 bridgehead atoms. The van der Waals surface area contributed by atoms with Crippen molar-refractivity contribution in [3.05, 3.63) is 78.4 Å². The van der Waals surface area contributed by atoms with Crippen LogP contribution in [-0.4, -0.2) is 37.0 Å². The quantitative estimate of drug-likeness (QED) is 0.568. The number of carbonyl (C=O) groups excluding carboxylic acids is 3. The van der Waals surface area contributed by atoms with Crippen LogP contribution in [-0.2, 0) is 25.5 Å². The van der Waals surface area contributed by atoms with Crippen molar-refractivity contribution in [2.24, 2.45) is 0 Å². The molecule has 160 valence electrons. The maximum Gasteiger partial charge on any atom is 0.326 e. The molecule has 1 N–H and O–H groups in total. The van der Waals surface area contributed by atoms with Crippen molar-refractivity contribution >= 4 is 34.2 Å². The molecule has 6 heteroatoms. The van der Waals surface area contributed by atoms with Gasteiger partial charge in [-0.3, -0.25) is 14.4 Å². The molecule has 6 nitrogen and oxygen atoms in total. The molecule has 0 fully saturated rings. The van der Waals surface area contributed by atoms with Gasteiger partial charge in [0.1, 0.15) is 6.54 Å². The Labute approximate surface area is 181 Å². The Morgan fingerprint density at radius 3 is 2.35 bits per heavy atom. The van der Waals surface area contributed by atoms with Gasteiger partial charge in [-0.2, -0.15) is 0 Å².